The van der Waals surface area contributed by atoms with E-state index in [9.17, 15) is 9.90 Å². The smallest absolute Gasteiger partial charge is 0.224 e. The van der Waals surface area contributed by atoms with Crippen LogP contribution in [0.4, 0.5) is 0 Å². The van der Waals surface area contributed by atoms with E-state index in [-0.39, 0.29) is 29.9 Å². The summed E-state index contributed by atoms with van der Waals surface area (Å²) >= 11 is 0. The molecule has 1 aliphatic carbocycles. The van der Waals surface area contributed by atoms with Crippen LogP contribution in [0.25, 0.3) is 0 Å². The molecule has 3 heteroatoms. The summed E-state index contributed by atoms with van der Waals surface area (Å²) in [6.07, 6.45) is 4.38. The Balaban J connectivity index is 2.06. The van der Waals surface area contributed by atoms with Crippen molar-refractivity contribution in [1.82, 2.24) is 5.32 Å². The Labute approximate surface area is 121 Å². The van der Waals surface area contributed by atoms with Gasteiger partial charge < -0.3 is 10.4 Å². The maximum atomic E-state index is 12.5. The van der Waals surface area contributed by atoms with Gasteiger partial charge in [-0.1, -0.05) is 57.0 Å². The molecule has 1 aliphatic rings. The number of aliphatic hydroxyl groups excluding tert-OH is 1. The molecule has 1 saturated carbocycles. The van der Waals surface area contributed by atoms with Gasteiger partial charge in [-0.3, -0.25) is 4.79 Å². The molecule has 1 fully saturated rings. The number of carbonyl (C=O) groups excluding carboxylic acids is 1. The second kappa shape index (κ2) is 6.40. The Hall–Kier alpha value is -1.35. The van der Waals surface area contributed by atoms with Gasteiger partial charge in [-0.05, 0) is 23.8 Å². The van der Waals surface area contributed by atoms with Gasteiger partial charge in [0.2, 0.25) is 5.91 Å². The summed E-state index contributed by atoms with van der Waals surface area (Å²) in [5, 5.41) is 12.6. The largest absolute Gasteiger partial charge is 0.394 e. The SMILES string of the molecule is CC1(C)CCCCC1C(=O)N[C@@H](CO)c1ccccc1. The van der Waals surface area contributed by atoms with Crippen molar-refractivity contribution in [2.45, 2.75) is 45.6 Å². The van der Waals surface area contributed by atoms with Gasteiger partial charge in [-0.25, -0.2) is 0 Å². The predicted octanol–water partition coefficient (Wildman–Crippen LogP) is 3.05. The zero-order valence-corrected chi connectivity index (χ0v) is 12.4. The Morgan fingerprint density at radius 1 is 1.35 bits per heavy atom. The van der Waals surface area contributed by atoms with Crippen LogP contribution in [0.15, 0.2) is 30.3 Å². The zero-order chi connectivity index (χ0) is 14.6. The molecule has 0 bridgehead atoms. The first kappa shape index (κ1) is 15.0. The van der Waals surface area contributed by atoms with Crippen molar-refractivity contribution in [2.24, 2.45) is 11.3 Å². The van der Waals surface area contributed by atoms with E-state index in [4.69, 9.17) is 0 Å². The van der Waals surface area contributed by atoms with E-state index in [1.54, 1.807) is 0 Å². The number of aliphatic hydroxyl groups is 1. The maximum absolute atomic E-state index is 12.5. The number of benzene rings is 1. The van der Waals surface area contributed by atoms with E-state index >= 15 is 0 Å². The molecule has 2 atom stereocenters. The highest BCUT2D eigenvalue weighted by Gasteiger charge is 2.37. The fourth-order valence-electron chi connectivity index (χ4n) is 3.17. The maximum Gasteiger partial charge on any atom is 0.224 e. The van der Waals surface area contributed by atoms with E-state index in [1.807, 2.05) is 30.3 Å². The molecule has 0 radical (unpaired) electrons. The fraction of sp³-hybridized carbons (Fsp3) is 0.588. The monoisotopic (exact) mass is 275 g/mol. The van der Waals surface area contributed by atoms with Crippen LogP contribution in [0.5, 0.6) is 0 Å². The zero-order valence-electron chi connectivity index (χ0n) is 12.4. The van der Waals surface area contributed by atoms with Gasteiger partial charge in [0.1, 0.15) is 0 Å². The lowest BCUT2D eigenvalue weighted by Gasteiger charge is -2.38. The molecule has 110 valence electrons. The Bertz CT molecular complexity index is 442. The minimum Gasteiger partial charge on any atom is -0.394 e. The lowest BCUT2D eigenvalue weighted by molar-refractivity contribution is -0.131. The second-order valence-electron chi connectivity index (χ2n) is 6.44. The quantitative estimate of drug-likeness (QED) is 0.887. The number of amides is 1. The fourth-order valence-corrected chi connectivity index (χ4v) is 3.17. The summed E-state index contributed by atoms with van der Waals surface area (Å²) < 4.78 is 0. The van der Waals surface area contributed by atoms with Crippen LogP contribution in [0.3, 0.4) is 0 Å². The lowest BCUT2D eigenvalue weighted by Crippen LogP contribution is -2.43. The Kier molecular flexibility index (Phi) is 4.81. The molecule has 0 aromatic heterocycles. The molecule has 1 unspecified atom stereocenters. The summed E-state index contributed by atoms with van der Waals surface area (Å²) in [5.74, 6) is 0.131. The lowest BCUT2D eigenvalue weighted by atomic mass is 9.68. The normalized spacial score (nSPS) is 23.1. The number of rotatable bonds is 4. The van der Waals surface area contributed by atoms with Gasteiger partial charge >= 0.3 is 0 Å². The first-order valence-electron chi connectivity index (χ1n) is 7.51. The van der Waals surface area contributed by atoms with Crippen LogP contribution in [-0.4, -0.2) is 17.6 Å². The number of nitrogens with one attached hydrogen (secondary N) is 1. The van der Waals surface area contributed by atoms with Crippen molar-refractivity contribution < 1.29 is 9.90 Å². The van der Waals surface area contributed by atoms with Gasteiger partial charge in [0.15, 0.2) is 0 Å². The van der Waals surface area contributed by atoms with Crippen molar-refractivity contribution in [3.05, 3.63) is 35.9 Å². The average molecular weight is 275 g/mol. The molecule has 20 heavy (non-hydrogen) atoms. The Morgan fingerprint density at radius 2 is 2.05 bits per heavy atom. The average Bonchev–Trinajstić information content (AvgIpc) is 2.45. The number of hydrogen-bond acceptors (Lipinski definition) is 2. The molecule has 0 saturated heterocycles. The standard InChI is InChI=1S/C17H25NO2/c1-17(2)11-7-6-10-14(17)16(20)18-15(12-19)13-8-4-3-5-9-13/h3-5,8-9,14-15,19H,6-7,10-12H2,1-2H3,(H,18,20)/t14?,15-/m0/s1. The third-order valence-corrected chi connectivity index (χ3v) is 4.52. The highest BCUT2D eigenvalue weighted by molar-refractivity contribution is 5.80. The van der Waals surface area contributed by atoms with E-state index in [0.717, 1.165) is 24.8 Å². The summed E-state index contributed by atoms with van der Waals surface area (Å²) in [4.78, 5) is 12.5. The molecule has 2 rings (SSSR count). The summed E-state index contributed by atoms with van der Waals surface area (Å²) in [7, 11) is 0. The van der Waals surface area contributed by atoms with Crippen LogP contribution < -0.4 is 5.32 Å². The highest BCUT2D eigenvalue weighted by atomic mass is 16.3. The molecular weight excluding hydrogens is 250 g/mol. The molecular formula is C17H25NO2. The molecule has 0 aliphatic heterocycles. The summed E-state index contributed by atoms with van der Waals surface area (Å²) in [5.41, 5.74) is 1.01. The van der Waals surface area contributed by atoms with Crippen molar-refractivity contribution in [1.29, 1.82) is 0 Å². The molecule has 1 aromatic carbocycles. The van der Waals surface area contributed by atoms with Gasteiger partial charge in [0, 0.05) is 5.92 Å². The Morgan fingerprint density at radius 3 is 2.65 bits per heavy atom. The molecule has 3 nitrogen and oxygen atoms in total. The minimum atomic E-state index is -0.304. The van der Waals surface area contributed by atoms with Crippen molar-refractivity contribution in [3.63, 3.8) is 0 Å². The number of carbonyl (C=O) groups is 1. The second-order valence-corrected chi connectivity index (χ2v) is 6.44. The van der Waals surface area contributed by atoms with Crippen molar-refractivity contribution >= 4 is 5.91 Å². The van der Waals surface area contributed by atoms with Crippen molar-refractivity contribution in [2.75, 3.05) is 6.61 Å². The van der Waals surface area contributed by atoms with Crippen molar-refractivity contribution in [3.8, 4) is 0 Å². The highest BCUT2D eigenvalue weighted by Crippen LogP contribution is 2.40. The molecule has 0 heterocycles. The van der Waals surface area contributed by atoms with Gasteiger partial charge in [-0.2, -0.15) is 0 Å². The minimum absolute atomic E-state index is 0.0500. The third kappa shape index (κ3) is 3.40. The first-order chi connectivity index (χ1) is 9.54. The topological polar surface area (TPSA) is 49.3 Å². The van der Waals surface area contributed by atoms with Crippen LogP contribution in [0, 0.1) is 11.3 Å². The van der Waals surface area contributed by atoms with Crippen LogP contribution in [0.1, 0.15) is 51.1 Å². The van der Waals surface area contributed by atoms with E-state index < -0.39 is 0 Å². The third-order valence-electron chi connectivity index (χ3n) is 4.52. The van der Waals surface area contributed by atoms with E-state index in [2.05, 4.69) is 19.2 Å². The van der Waals surface area contributed by atoms with Gasteiger partial charge in [-0.15, -0.1) is 0 Å². The van der Waals surface area contributed by atoms with Gasteiger partial charge in [0.25, 0.3) is 0 Å². The van der Waals surface area contributed by atoms with Gasteiger partial charge in [0.05, 0.1) is 12.6 Å². The van der Waals surface area contributed by atoms with E-state index in [0.29, 0.717) is 0 Å². The first-order valence-corrected chi connectivity index (χ1v) is 7.51. The predicted molar refractivity (Wildman–Crippen MR) is 80.2 cm³/mol. The van der Waals surface area contributed by atoms with Crippen LogP contribution in [-0.2, 0) is 4.79 Å². The number of hydrogen-bond donors (Lipinski definition) is 2. The van der Waals surface area contributed by atoms with Crippen LogP contribution >= 0.6 is 0 Å². The molecule has 1 aromatic rings. The summed E-state index contributed by atoms with van der Waals surface area (Å²) in [6, 6.07) is 9.36. The molecule has 0 spiro atoms. The van der Waals surface area contributed by atoms with Crippen LogP contribution in [0.2, 0.25) is 0 Å². The molecule has 2 N–H and O–H groups in total. The van der Waals surface area contributed by atoms with E-state index in [1.165, 1.54) is 6.42 Å². The molecule has 1 amide bonds. The summed E-state index contributed by atoms with van der Waals surface area (Å²) in [6.45, 7) is 4.28.